The van der Waals surface area contributed by atoms with Crippen molar-refractivity contribution in [3.8, 4) is 22.7 Å². The van der Waals surface area contributed by atoms with E-state index in [1.807, 2.05) is 47.4 Å². The number of amides is 1. The van der Waals surface area contributed by atoms with E-state index in [-0.39, 0.29) is 11.6 Å². The predicted molar refractivity (Wildman–Crippen MR) is 150 cm³/mol. The summed E-state index contributed by atoms with van der Waals surface area (Å²) in [5, 5.41) is 16.1. The Bertz CT molecular complexity index is 1490. The first-order chi connectivity index (χ1) is 19.0. The number of methoxy groups -OCH3 is 1. The van der Waals surface area contributed by atoms with Gasteiger partial charge in [0.1, 0.15) is 11.4 Å². The molecule has 2 heterocycles. The maximum absolute atomic E-state index is 13.8. The molecule has 1 aliphatic rings. The molecular formula is C30H29N5O4. The standard InChI is InChI=1S/C30H29N5O4/c1-39-27-14-5-11-24(20-27)28-22-29(34(31-28)25-12-6-13-26(21-25)35(37)38)30(36)33-18-16-32(17-19-33)15-7-10-23-8-3-2-4-9-23/h2-14,20-22H,15-19H2,1H3/b10-7+. The summed E-state index contributed by atoms with van der Waals surface area (Å²) in [6, 6.07) is 25.5. The number of non-ortho nitro benzene ring substituents is 1. The van der Waals surface area contributed by atoms with E-state index in [9.17, 15) is 14.9 Å². The van der Waals surface area contributed by atoms with Crippen molar-refractivity contribution in [3.63, 3.8) is 0 Å². The molecule has 0 aliphatic carbocycles. The van der Waals surface area contributed by atoms with Crippen LogP contribution in [-0.4, -0.2) is 70.2 Å². The molecule has 0 N–H and O–H groups in total. The van der Waals surface area contributed by atoms with Gasteiger partial charge in [0.05, 0.1) is 23.4 Å². The number of carbonyl (C=O) groups is 1. The van der Waals surface area contributed by atoms with E-state index in [1.54, 1.807) is 25.3 Å². The Balaban J connectivity index is 1.37. The number of rotatable bonds is 8. The molecule has 0 radical (unpaired) electrons. The molecule has 1 fully saturated rings. The van der Waals surface area contributed by atoms with E-state index < -0.39 is 4.92 Å². The van der Waals surface area contributed by atoms with E-state index in [4.69, 9.17) is 9.84 Å². The summed E-state index contributed by atoms with van der Waals surface area (Å²) in [7, 11) is 1.59. The number of ether oxygens (including phenoxy) is 1. The molecule has 39 heavy (non-hydrogen) atoms. The highest BCUT2D eigenvalue weighted by Gasteiger charge is 2.26. The summed E-state index contributed by atoms with van der Waals surface area (Å²) in [5.74, 6) is 0.505. The van der Waals surface area contributed by atoms with Crippen molar-refractivity contribution >= 4 is 17.7 Å². The summed E-state index contributed by atoms with van der Waals surface area (Å²) in [6.07, 6.45) is 4.25. The van der Waals surface area contributed by atoms with Crippen LogP contribution in [0.1, 0.15) is 16.1 Å². The normalized spacial score (nSPS) is 14.0. The lowest BCUT2D eigenvalue weighted by atomic mass is 10.1. The van der Waals surface area contributed by atoms with Gasteiger partial charge in [0.2, 0.25) is 0 Å². The molecule has 1 aromatic heterocycles. The Morgan fingerprint density at radius 2 is 1.74 bits per heavy atom. The lowest BCUT2D eigenvalue weighted by Gasteiger charge is -2.34. The van der Waals surface area contributed by atoms with Gasteiger partial charge in [-0.3, -0.25) is 19.8 Å². The minimum absolute atomic E-state index is 0.0681. The molecule has 198 valence electrons. The molecular weight excluding hydrogens is 494 g/mol. The van der Waals surface area contributed by atoms with E-state index in [1.165, 1.54) is 16.8 Å². The maximum Gasteiger partial charge on any atom is 0.272 e. The molecule has 4 aromatic rings. The van der Waals surface area contributed by atoms with Gasteiger partial charge in [-0.15, -0.1) is 0 Å². The number of aromatic nitrogens is 2. The molecule has 0 bridgehead atoms. The Labute approximate surface area is 226 Å². The van der Waals surface area contributed by atoms with Crippen LogP contribution in [0.2, 0.25) is 0 Å². The average molecular weight is 524 g/mol. The maximum atomic E-state index is 13.8. The fourth-order valence-corrected chi connectivity index (χ4v) is 4.59. The van der Waals surface area contributed by atoms with Gasteiger partial charge in [-0.2, -0.15) is 5.10 Å². The van der Waals surface area contributed by atoms with Gasteiger partial charge in [0.15, 0.2) is 0 Å². The van der Waals surface area contributed by atoms with Gasteiger partial charge in [0.25, 0.3) is 11.6 Å². The summed E-state index contributed by atoms with van der Waals surface area (Å²) < 4.78 is 6.85. The largest absolute Gasteiger partial charge is 0.497 e. The fraction of sp³-hybridized carbons (Fsp3) is 0.200. The van der Waals surface area contributed by atoms with Crippen LogP contribution in [0, 0.1) is 10.1 Å². The quantitative estimate of drug-likeness (QED) is 0.240. The molecule has 0 spiro atoms. The van der Waals surface area contributed by atoms with Crippen LogP contribution in [0.5, 0.6) is 5.75 Å². The molecule has 1 saturated heterocycles. The zero-order valence-electron chi connectivity index (χ0n) is 21.6. The van der Waals surface area contributed by atoms with Gasteiger partial charge >= 0.3 is 0 Å². The SMILES string of the molecule is COc1cccc(-c2cc(C(=O)N3CCN(C/C=C/c4ccccc4)CC3)n(-c3cccc([N+](=O)[O-])c3)n2)c1. The molecule has 3 aromatic carbocycles. The third kappa shape index (κ3) is 6.05. The molecule has 0 atom stereocenters. The molecule has 0 unspecified atom stereocenters. The monoisotopic (exact) mass is 523 g/mol. The highest BCUT2D eigenvalue weighted by atomic mass is 16.6. The highest BCUT2D eigenvalue weighted by molar-refractivity contribution is 5.94. The van der Waals surface area contributed by atoms with Crippen LogP contribution >= 0.6 is 0 Å². The van der Waals surface area contributed by atoms with Crippen molar-refractivity contribution in [2.75, 3.05) is 39.8 Å². The Morgan fingerprint density at radius 1 is 0.974 bits per heavy atom. The average Bonchev–Trinajstić information content (AvgIpc) is 3.43. The first-order valence-electron chi connectivity index (χ1n) is 12.7. The lowest BCUT2D eigenvalue weighted by molar-refractivity contribution is -0.384. The first kappa shape index (κ1) is 25.9. The molecule has 9 heteroatoms. The fourth-order valence-electron chi connectivity index (χ4n) is 4.59. The van der Waals surface area contributed by atoms with E-state index >= 15 is 0 Å². The predicted octanol–water partition coefficient (Wildman–Crippen LogP) is 4.93. The molecule has 0 saturated carbocycles. The Kier molecular flexibility index (Phi) is 7.79. The molecule has 5 rings (SSSR count). The van der Waals surface area contributed by atoms with E-state index in [2.05, 4.69) is 29.2 Å². The van der Waals surface area contributed by atoms with Crippen molar-refractivity contribution < 1.29 is 14.5 Å². The van der Waals surface area contributed by atoms with Crippen molar-refractivity contribution in [2.45, 2.75) is 0 Å². The van der Waals surface area contributed by atoms with Crippen LogP contribution in [0.25, 0.3) is 23.0 Å². The summed E-state index contributed by atoms with van der Waals surface area (Å²) in [5.41, 5.74) is 3.25. The number of carbonyl (C=O) groups excluding carboxylic acids is 1. The summed E-state index contributed by atoms with van der Waals surface area (Å²) >= 11 is 0. The number of hydrogen-bond donors (Lipinski definition) is 0. The van der Waals surface area contributed by atoms with Crippen molar-refractivity contribution in [2.24, 2.45) is 0 Å². The third-order valence-corrected chi connectivity index (χ3v) is 6.71. The zero-order valence-corrected chi connectivity index (χ0v) is 21.6. The number of nitrogens with zero attached hydrogens (tertiary/aromatic N) is 5. The van der Waals surface area contributed by atoms with Crippen LogP contribution in [0.15, 0.2) is 91.0 Å². The number of nitro benzene ring substituents is 1. The highest BCUT2D eigenvalue weighted by Crippen LogP contribution is 2.27. The second-order valence-electron chi connectivity index (χ2n) is 9.24. The van der Waals surface area contributed by atoms with Crippen molar-refractivity contribution in [3.05, 3.63) is 112 Å². The number of nitro groups is 1. The molecule has 1 amide bonds. The van der Waals surface area contributed by atoms with Gasteiger partial charge in [-0.05, 0) is 29.8 Å². The Morgan fingerprint density at radius 3 is 2.49 bits per heavy atom. The van der Waals surface area contributed by atoms with Gasteiger partial charge in [-0.25, -0.2) is 4.68 Å². The Hall–Kier alpha value is -4.76. The summed E-state index contributed by atoms with van der Waals surface area (Å²) in [4.78, 5) is 28.8. The molecule has 1 aliphatic heterocycles. The van der Waals surface area contributed by atoms with E-state index in [0.29, 0.717) is 35.9 Å². The summed E-state index contributed by atoms with van der Waals surface area (Å²) in [6.45, 7) is 3.46. The van der Waals surface area contributed by atoms with Crippen LogP contribution < -0.4 is 4.74 Å². The third-order valence-electron chi connectivity index (χ3n) is 6.71. The number of benzene rings is 3. The van der Waals surface area contributed by atoms with Crippen molar-refractivity contribution in [1.29, 1.82) is 0 Å². The van der Waals surface area contributed by atoms with Crippen LogP contribution in [0.4, 0.5) is 5.69 Å². The number of hydrogen-bond acceptors (Lipinski definition) is 6. The first-order valence-corrected chi connectivity index (χ1v) is 12.7. The van der Waals surface area contributed by atoms with Crippen molar-refractivity contribution in [1.82, 2.24) is 19.6 Å². The van der Waals surface area contributed by atoms with Gasteiger partial charge in [0, 0.05) is 50.4 Å². The van der Waals surface area contributed by atoms with Gasteiger partial charge in [-0.1, -0.05) is 60.7 Å². The minimum atomic E-state index is -0.455. The zero-order chi connectivity index (χ0) is 27.2. The lowest BCUT2D eigenvalue weighted by Crippen LogP contribution is -2.49. The topological polar surface area (TPSA) is 93.7 Å². The van der Waals surface area contributed by atoms with Crippen LogP contribution in [-0.2, 0) is 0 Å². The minimum Gasteiger partial charge on any atom is -0.497 e. The molecule has 9 nitrogen and oxygen atoms in total. The van der Waals surface area contributed by atoms with Crippen LogP contribution in [0.3, 0.4) is 0 Å². The number of piperazine rings is 1. The van der Waals surface area contributed by atoms with Gasteiger partial charge < -0.3 is 9.64 Å². The van der Waals surface area contributed by atoms with E-state index in [0.717, 1.165) is 30.8 Å². The smallest absolute Gasteiger partial charge is 0.272 e. The second-order valence-corrected chi connectivity index (χ2v) is 9.24. The second kappa shape index (κ2) is 11.7.